The first-order chi connectivity index (χ1) is 17.6. The number of benzene rings is 3. The molecule has 1 heterocycles. The number of hydrogen-bond donors (Lipinski definition) is 2. The van der Waals surface area contributed by atoms with Gasteiger partial charge in [-0.05, 0) is 53.6 Å². The van der Waals surface area contributed by atoms with Gasteiger partial charge >= 0.3 is 0 Å². The molecule has 0 spiro atoms. The third-order valence-corrected chi connectivity index (χ3v) is 5.97. The molecule has 0 saturated carbocycles. The topological polar surface area (TPSA) is 110 Å². The van der Waals surface area contributed by atoms with E-state index in [0.717, 1.165) is 11.1 Å². The van der Waals surface area contributed by atoms with Crippen LogP contribution in [0.2, 0.25) is 5.02 Å². The second-order valence-electron chi connectivity index (χ2n) is 9.37. The van der Waals surface area contributed by atoms with Gasteiger partial charge in [0.2, 0.25) is 5.91 Å². The van der Waals surface area contributed by atoms with Crippen LogP contribution in [0, 0.1) is 5.41 Å². The summed E-state index contributed by atoms with van der Waals surface area (Å²) in [6.45, 7) is 5.21. The monoisotopic (exact) mass is 516 g/mol. The maximum Gasteiger partial charge on any atom is 0.258 e. The Labute approximate surface area is 219 Å². The van der Waals surface area contributed by atoms with Crippen molar-refractivity contribution < 1.29 is 19.1 Å². The molecule has 1 aromatic heterocycles. The van der Waals surface area contributed by atoms with E-state index in [4.69, 9.17) is 16.3 Å². The third-order valence-electron chi connectivity index (χ3n) is 5.65. The summed E-state index contributed by atoms with van der Waals surface area (Å²) in [5.74, 6) is -0.413. The summed E-state index contributed by atoms with van der Waals surface area (Å²) in [4.78, 5) is 46.4. The summed E-state index contributed by atoms with van der Waals surface area (Å²) < 4.78 is 5.14. The van der Waals surface area contributed by atoms with E-state index in [2.05, 4.69) is 20.6 Å². The number of amides is 3. The maximum absolute atomic E-state index is 12.9. The Hall–Kier alpha value is -4.30. The zero-order valence-electron chi connectivity index (χ0n) is 20.8. The van der Waals surface area contributed by atoms with E-state index in [9.17, 15) is 14.4 Å². The molecule has 188 valence electrons. The van der Waals surface area contributed by atoms with E-state index in [1.165, 1.54) is 13.4 Å². The van der Waals surface area contributed by atoms with Gasteiger partial charge < -0.3 is 10.1 Å². The Kier molecular flexibility index (Phi) is 7.22. The third kappa shape index (κ3) is 5.76. The zero-order valence-corrected chi connectivity index (χ0v) is 21.5. The van der Waals surface area contributed by atoms with Crippen molar-refractivity contribution in [1.29, 1.82) is 0 Å². The molecule has 0 aliphatic carbocycles. The average Bonchev–Trinajstić information content (AvgIpc) is 2.88. The maximum atomic E-state index is 12.9. The highest BCUT2D eigenvalue weighted by atomic mass is 35.5. The van der Waals surface area contributed by atoms with E-state index in [1.54, 1.807) is 63.2 Å². The number of ether oxygens (including phenoxy) is 1. The fraction of sp³-hybridized carbons (Fsp3) is 0.179. The van der Waals surface area contributed by atoms with Crippen molar-refractivity contribution in [2.24, 2.45) is 5.41 Å². The van der Waals surface area contributed by atoms with E-state index in [-0.39, 0.29) is 16.5 Å². The van der Waals surface area contributed by atoms with Gasteiger partial charge in [0, 0.05) is 16.4 Å². The summed E-state index contributed by atoms with van der Waals surface area (Å²) in [7, 11) is 1.52. The first-order valence-corrected chi connectivity index (χ1v) is 11.8. The summed E-state index contributed by atoms with van der Waals surface area (Å²) in [6.07, 6.45) is 1.37. The molecule has 0 aliphatic rings. The lowest BCUT2D eigenvalue weighted by molar-refractivity contribution is -0.127. The number of halogens is 1. The minimum atomic E-state index is -0.692. The molecule has 0 unspecified atom stereocenters. The van der Waals surface area contributed by atoms with Gasteiger partial charge in [-0.1, -0.05) is 50.6 Å². The summed E-state index contributed by atoms with van der Waals surface area (Å²) in [5, 5.41) is 6.10. The number of anilines is 1. The molecule has 37 heavy (non-hydrogen) atoms. The predicted molar refractivity (Wildman–Crippen MR) is 143 cm³/mol. The molecule has 0 saturated heterocycles. The van der Waals surface area contributed by atoms with Gasteiger partial charge in [0.1, 0.15) is 17.9 Å². The van der Waals surface area contributed by atoms with Crippen LogP contribution in [0.1, 0.15) is 41.5 Å². The van der Waals surface area contributed by atoms with Crippen molar-refractivity contribution in [1.82, 2.24) is 15.3 Å². The van der Waals surface area contributed by atoms with Crippen LogP contribution < -0.4 is 15.4 Å². The Morgan fingerprint density at radius 2 is 1.65 bits per heavy atom. The molecular weight excluding hydrogens is 492 g/mol. The van der Waals surface area contributed by atoms with E-state index < -0.39 is 17.2 Å². The highest BCUT2D eigenvalue weighted by Gasteiger charge is 2.24. The minimum Gasteiger partial charge on any atom is -0.497 e. The summed E-state index contributed by atoms with van der Waals surface area (Å²) in [6, 6.07) is 17.2. The molecule has 8 nitrogen and oxygen atoms in total. The molecule has 3 aromatic carbocycles. The van der Waals surface area contributed by atoms with Gasteiger partial charge in [-0.2, -0.15) is 0 Å². The lowest BCUT2D eigenvalue weighted by Gasteiger charge is -2.17. The number of fused-ring (bicyclic) bond motifs is 1. The lowest BCUT2D eigenvalue weighted by atomic mass is 9.95. The number of aromatic nitrogens is 2. The van der Waals surface area contributed by atoms with Crippen LogP contribution >= 0.6 is 11.6 Å². The number of carbonyl (C=O) groups excluding carboxylic acids is 3. The molecule has 0 atom stereocenters. The number of nitrogens with one attached hydrogen (secondary N) is 2. The van der Waals surface area contributed by atoms with Gasteiger partial charge in [0.25, 0.3) is 11.8 Å². The van der Waals surface area contributed by atoms with Crippen molar-refractivity contribution >= 4 is 46.0 Å². The molecule has 4 rings (SSSR count). The molecule has 0 bridgehead atoms. The largest absolute Gasteiger partial charge is 0.497 e. The highest BCUT2D eigenvalue weighted by Crippen LogP contribution is 2.29. The molecule has 9 heteroatoms. The molecule has 0 fully saturated rings. The Bertz CT molecular complexity index is 1530. The smallest absolute Gasteiger partial charge is 0.258 e. The second kappa shape index (κ2) is 10.4. The fourth-order valence-corrected chi connectivity index (χ4v) is 3.78. The molecule has 2 N–H and O–H groups in total. The van der Waals surface area contributed by atoms with Crippen molar-refractivity contribution in [3.05, 3.63) is 83.1 Å². The fourth-order valence-electron chi connectivity index (χ4n) is 3.52. The van der Waals surface area contributed by atoms with Crippen molar-refractivity contribution in [2.75, 3.05) is 12.4 Å². The van der Waals surface area contributed by atoms with Gasteiger partial charge in [0.05, 0.1) is 23.2 Å². The molecule has 0 aliphatic heterocycles. The number of nitrogens with zero attached hydrogens (tertiary/aromatic N) is 2. The second-order valence-corrected chi connectivity index (χ2v) is 9.78. The van der Waals surface area contributed by atoms with Gasteiger partial charge in [-0.25, -0.2) is 9.97 Å². The Balaban J connectivity index is 1.64. The van der Waals surface area contributed by atoms with Crippen LogP contribution in [0.25, 0.3) is 22.0 Å². The average molecular weight is 517 g/mol. The first-order valence-electron chi connectivity index (χ1n) is 11.4. The summed E-state index contributed by atoms with van der Waals surface area (Å²) >= 11 is 6.26. The predicted octanol–water partition coefficient (Wildman–Crippen LogP) is 5.51. The van der Waals surface area contributed by atoms with Crippen LogP contribution in [-0.4, -0.2) is 34.8 Å². The van der Waals surface area contributed by atoms with E-state index in [1.807, 2.05) is 18.2 Å². The van der Waals surface area contributed by atoms with Gasteiger partial charge in [0.15, 0.2) is 0 Å². The number of rotatable bonds is 5. The van der Waals surface area contributed by atoms with Crippen molar-refractivity contribution in [2.45, 2.75) is 20.8 Å². The van der Waals surface area contributed by atoms with Crippen LogP contribution in [0.4, 0.5) is 5.82 Å². The summed E-state index contributed by atoms with van der Waals surface area (Å²) in [5.41, 5.74) is 2.08. The first kappa shape index (κ1) is 25.8. The lowest BCUT2D eigenvalue weighted by Crippen LogP contribution is -2.38. The van der Waals surface area contributed by atoms with Gasteiger partial charge in [-0.3, -0.25) is 19.7 Å². The number of imide groups is 1. The minimum absolute atomic E-state index is 0.246. The van der Waals surface area contributed by atoms with E-state index in [0.29, 0.717) is 28.0 Å². The van der Waals surface area contributed by atoms with Crippen LogP contribution in [0.15, 0.2) is 67.0 Å². The molecule has 3 amide bonds. The molecule has 4 aromatic rings. The SMILES string of the molecule is COc1ccc(C(=O)Nc2ncnc3ccc(-c4cccc(C(=O)NC(=O)C(C)(C)C)c4)cc23)c(Cl)c1. The number of hydrogen-bond acceptors (Lipinski definition) is 6. The normalized spacial score (nSPS) is 11.2. The number of methoxy groups -OCH3 is 1. The van der Waals surface area contributed by atoms with Crippen molar-refractivity contribution in [3.63, 3.8) is 0 Å². The highest BCUT2D eigenvalue weighted by molar-refractivity contribution is 6.34. The zero-order chi connectivity index (χ0) is 26.7. The quantitative estimate of drug-likeness (QED) is 0.361. The standard InChI is InChI=1S/C28H25ClN4O4/c1-28(2,3)27(36)33-25(34)18-7-5-6-16(12-18)17-8-11-23-21(13-17)24(31-15-30-23)32-26(35)20-10-9-19(37-4)14-22(20)29/h5-15H,1-4H3,(H,33,34,36)(H,30,31,32,35). The molecule has 0 radical (unpaired) electrons. The van der Waals surface area contributed by atoms with E-state index >= 15 is 0 Å². The van der Waals surface area contributed by atoms with Gasteiger partial charge in [-0.15, -0.1) is 0 Å². The van der Waals surface area contributed by atoms with Crippen LogP contribution in [0.3, 0.4) is 0 Å². The Morgan fingerprint density at radius 1 is 0.892 bits per heavy atom. The number of carbonyl (C=O) groups is 3. The molecular formula is C28H25ClN4O4. The Morgan fingerprint density at radius 3 is 2.35 bits per heavy atom. The van der Waals surface area contributed by atoms with Crippen molar-refractivity contribution in [3.8, 4) is 16.9 Å². The van der Waals surface area contributed by atoms with Crippen LogP contribution in [0.5, 0.6) is 5.75 Å². The van der Waals surface area contributed by atoms with Crippen LogP contribution in [-0.2, 0) is 4.79 Å².